The van der Waals surface area contributed by atoms with Gasteiger partial charge in [-0.1, -0.05) is 0 Å². The van der Waals surface area contributed by atoms with Crippen molar-refractivity contribution in [3.63, 3.8) is 0 Å². The molecule has 0 saturated carbocycles. The van der Waals surface area contributed by atoms with Crippen molar-refractivity contribution in [2.75, 3.05) is 46.4 Å². The highest BCUT2D eigenvalue weighted by Crippen LogP contribution is 2.39. The second-order valence-corrected chi connectivity index (χ2v) is 8.63. The molecular weight excluding hydrogens is 476 g/mol. The molecule has 0 saturated heterocycles. The quantitative estimate of drug-likeness (QED) is 0.381. The number of nitrogens with one attached hydrogen (secondary N) is 1. The number of rotatable bonds is 9. The van der Waals surface area contributed by atoms with Crippen molar-refractivity contribution in [3.05, 3.63) is 71.8 Å². The first-order valence-corrected chi connectivity index (χ1v) is 12.3. The molecule has 0 spiro atoms. The Morgan fingerprint density at radius 1 is 0.861 bits per heavy atom. The molecule has 8 heteroatoms. The second kappa shape index (κ2) is 11.9. The number of hydrogen-bond acceptors (Lipinski definition) is 6. The molecule has 3 aromatic rings. The summed E-state index contributed by atoms with van der Waals surface area (Å²) in [6.45, 7) is 3.73. The van der Waals surface area contributed by atoms with E-state index in [-0.39, 0.29) is 6.04 Å². The van der Waals surface area contributed by atoms with E-state index in [4.69, 9.17) is 35.9 Å². The van der Waals surface area contributed by atoms with Crippen LogP contribution in [0.15, 0.2) is 60.7 Å². The van der Waals surface area contributed by atoms with E-state index < -0.39 is 0 Å². The molecule has 1 N–H and O–H groups in total. The molecule has 36 heavy (non-hydrogen) atoms. The van der Waals surface area contributed by atoms with Crippen LogP contribution in [0.5, 0.6) is 28.7 Å². The molecule has 1 aliphatic rings. The van der Waals surface area contributed by atoms with Crippen LogP contribution in [0, 0.1) is 0 Å². The molecule has 0 amide bonds. The summed E-state index contributed by atoms with van der Waals surface area (Å²) >= 11 is 5.88. The summed E-state index contributed by atoms with van der Waals surface area (Å²) in [4.78, 5) is 2.17. The van der Waals surface area contributed by atoms with E-state index in [1.807, 2.05) is 61.5 Å². The van der Waals surface area contributed by atoms with Gasteiger partial charge in [0.25, 0.3) is 0 Å². The van der Waals surface area contributed by atoms with Crippen LogP contribution in [0.2, 0.25) is 0 Å². The Balaban J connectivity index is 1.59. The van der Waals surface area contributed by atoms with Gasteiger partial charge in [0, 0.05) is 12.2 Å². The summed E-state index contributed by atoms with van der Waals surface area (Å²) in [5, 5.41) is 4.01. The van der Waals surface area contributed by atoms with Crippen molar-refractivity contribution in [3.8, 4) is 28.7 Å². The highest BCUT2D eigenvalue weighted by Gasteiger charge is 2.31. The first-order valence-electron chi connectivity index (χ1n) is 11.9. The van der Waals surface area contributed by atoms with Gasteiger partial charge < -0.3 is 33.9 Å². The highest BCUT2D eigenvalue weighted by atomic mass is 32.1. The average Bonchev–Trinajstić information content (AvgIpc) is 2.92. The molecule has 1 unspecified atom stereocenters. The standard InChI is InChI=1S/C28H32N2O5S/c1-5-34-22-8-6-20(7-9-22)29-28(36)30-15-14-19-16-26(32-3)27(33-4)17-24(19)25(30)18-35-23-12-10-21(31-2)11-13-23/h6-13,16-17,25H,5,14-15,18H2,1-4H3,(H,29,36). The van der Waals surface area contributed by atoms with Gasteiger partial charge in [0.1, 0.15) is 23.9 Å². The number of anilines is 1. The van der Waals surface area contributed by atoms with Crippen LogP contribution >= 0.6 is 12.2 Å². The number of methoxy groups -OCH3 is 3. The predicted octanol–water partition coefficient (Wildman–Crippen LogP) is 5.49. The van der Waals surface area contributed by atoms with Crippen LogP contribution in [0.25, 0.3) is 0 Å². The monoisotopic (exact) mass is 508 g/mol. The minimum absolute atomic E-state index is 0.127. The van der Waals surface area contributed by atoms with Gasteiger partial charge in [-0.15, -0.1) is 0 Å². The molecular formula is C28H32N2O5S. The van der Waals surface area contributed by atoms with Gasteiger partial charge >= 0.3 is 0 Å². The third-order valence-corrected chi connectivity index (χ3v) is 6.48. The molecule has 1 atom stereocenters. The minimum atomic E-state index is -0.127. The number of benzene rings is 3. The maximum Gasteiger partial charge on any atom is 0.174 e. The summed E-state index contributed by atoms with van der Waals surface area (Å²) in [5.41, 5.74) is 3.19. The molecule has 3 aromatic carbocycles. The lowest BCUT2D eigenvalue weighted by atomic mass is 9.92. The van der Waals surface area contributed by atoms with E-state index in [0.29, 0.717) is 24.1 Å². The van der Waals surface area contributed by atoms with Gasteiger partial charge in [0.2, 0.25) is 0 Å². The fraction of sp³-hybridized carbons (Fsp3) is 0.321. The number of nitrogens with zero attached hydrogens (tertiary/aromatic N) is 1. The lowest BCUT2D eigenvalue weighted by Crippen LogP contribution is -2.44. The molecule has 0 aromatic heterocycles. The van der Waals surface area contributed by atoms with Gasteiger partial charge in [0.15, 0.2) is 16.6 Å². The molecule has 190 valence electrons. The molecule has 1 aliphatic heterocycles. The molecule has 0 bridgehead atoms. The fourth-order valence-electron chi connectivity index (χ4n) is 4.29. The summed E-state index contributed by atoms with van der Waals surface area (Å²) in [7, 11) is 4.94. The minimum Gasteiger partial charge on any atom is -0.497 e. The summed E-state index contributed by atoms with van der Waals surface area (Å²) < 4.78 is 28.2. The van der Waals surface area contributed by atoms with E-state index >= 15 is 0 Å². The van der Waals surface area contributed by atoms with Crippen molar-refractivity contribution in [2.45, 2.75) is 19.4 Å². The zero-order valence-electron chi connectivity index (χ0n) is 21.1. The Labute approximate surface area is 217 Å². The Bertz CT molecular complexity index is 1170. The van der Waals surface area contributed by atoms with E-state index in [2.05, 4.69) is 16.3 Å². The van der Waals surface area contributed by atoms with E-state index in [1.54, 1.807) is 21.3 Å². The van der Waals surface area contributed by atoms with Gasteiger partial charge in [-0.25, -0.2) is 0 Å². The van der Waals surface area contributed by atoms with Crippen LogP contribution in [-0.4, -0.2) is 51.1 Å². The highest BCUT2D eigenvalue weighted by molar-refractivity contribution is 7.80. The Hall–Kier alpha value is -3.65. The molecule has 0 radical (unpaired) electrons. The zero-order valence-corrected chi connectivity index (χ0v) is 21.9. The zero-order chi connectivity index (χ0) is 25.5. The normalized spacial score (nSPS) is 14.4. The van der Waals surface area contributed by atoms with Crippen molar-refractivity contribution in [2.24, 2.45) is 0 Å². The molecule has 0 fully saturated rings. The number of thiocarbonyl (C=S) groups is 1. The van der Waals surface area contributed by atoms with Gasteiger partial charge in [-0.3, -0.25) is 0 Å². The number of hydrogen-bond donors (Lipinski definition) is 1. The fourth-order valence-corrected chi connectivity index (χ4v) is 4.63. The largest absolute Gasteiger partial charge is 0.497 e. The second-order valence-electron chi connectivity index (χ2n) is 8.24. The molecule has 4 rings (SSSR count). The summed E-state index contributed by atoms with van der Waals surface area (Å²) in [5.74, 6) is 3.76. The first kappa shape index (κ1) is 25.4. The van der Waals surface area contributed by atoms with Crippen LogP contribution in [-0.2, 0) is 6.42 Å². The van der Waals surface area contributed by atoms with Gasteiger partial charge in [-0.2, -0.15) is 0 Å². The maximum atomic E-state index is 6.23. The number of fused-ring (bicyclic) bond motifs is 1. The lowest BCUT2D eigenvalue weighted by Gasteiger charge is -2.39. The SMILES string of the molecule is CCOc1ccc(NC(=S)N2CCc3cc(OC)c(OC)cc3C2COc2ccc(OC)cc2)cc1. The third kappa shape index (κ3) is 5.76. The Kier molecular flexibility index (Phi) is 8.38. The van der Waals surface area contributed by atoms with Crippen LogP contribution in [0.3, 0.4) is 0 Å². The lowest BCUT2D eigenvalue weighted by molar-refractivity contribution is 0.190. The van der Waals surface area contributed by atoms with Crippen LogP contribution < -0.4 is 29.0 Å². The first-order chi connectivity index (χ1) is 17.6. The predicted molar refractivity (Wildman–Crippen MR) is 145 cm³/mol. The average molecular weight is 509 g/mol. The molecule has 1 heterocycles. The van der Waals surface area contributed by atoms with Crippen molar-refractivity contribution in [1.29, 1.82) is 0 Å². The Morgan fingerprint density at radius 3 is 2.11 bits per heavy atom. The van der Waals surface area contributed by atoms with Crippen LogP contribution in [0.1, 0.15) is 24.1 Å². The van der Waals surface area contributed by atoms with Gasteiger partial charge in [-0.05, 0) is 97.4 Å². The van der Waals surface area contributed by atoms with Crippen molar-refractivity contribution in [1.82, 2.24) is 4.90 Å². The van der Waals surface area contributed by atoms with E-state index in [9.17, 15) is 0 Å². The Morgan fingerprint density at radius 2 is 1.47 bits per heavy atom. The van der Waals surface area contributed by atoms with E-state index in [0.717, 1.165) is 47.2 Å². The van der Waals surface area contributed by atoms with Gasteiger partial charge in [0.05, 0.1) is 34.0 Å². The molecule has 0 aliphatic carbocycles. The summed E-state index contributed by atoms with van der Waals surface area (Å²) in [6, 6.07) is 19.3. The molecule has 7 nitrogen and oxygen atoms in total. The summed E-state index contributed by atoms with van der Waals surface area (Å²) in [6.07, 6.45) is 0.819. The smallest absolute Gasteiger partial charge is 0.174 e. The van der Waals surface area contributed by atoms with Crippen molar-refractivity contribution < 1.29 is 23.7 Å². The number of ether oxygens (including phenoxy) is 5. The van der Waals surface area contributed by atoms with E-state index in [1.165, 1.54) is 5.56 Å². The third-order valence-electron chi connectivity index (χ3n) is 6.15. The van der Waals surface area contributed by atoms with Crippen LogP contribution in [0.4, 0.5) is 5.69 Å². The maximum absolute atomic E-state index is 6.23. The topological polar surface area (TPSA) is 61.4 Å². The van der Waals surface area contributed by atoms with Crippen molar-refractivity contribution >= 4 is 23.0 Å².